The van der Waals surface area contributed by atoms with Crippen molar-refractivity contribution in [2.24, 2.45) is 5.92 Å². The lowest BCUT2D eigenvalue weighted by atomic mass is 10.00. The monoisotopic (exact) mass is 434 g/mol. The average molecular weight is 435 g/mol. The third-order valence-electron chi connectivity index (χ3n) is 5.86. The van der Waals surface area contributed by atoms with Crippen LogP contribution in [-0.4, -0.2) is 31.5 Å². The second-order valence-corrected chi connectivity index (χ2v) is 10.4. The van der Waals surface area contributed by atoms with E-state index < -0.39 is 15.1 Å². The molecular weight excluding hydrogens is 408 g/mol. The van der Waals surface area contributed by atoms with Gasteiger partial charge in [0.15, 0.2) is 11.1 Å². The number of hydrogen-bond donors (Lipinski definition) is 0. The summed E-state index contributed by atoms with van der Waals surface area (Å²) in [5.41, 5.74) is 2.95. The number of sulfone groups is 1. The molecule has 1 aliphatic heterocycles. The lowest BCUT2D eigenvalue weighted by molar-refractivity contribution is 0.443. The minimum atomic E-state index is -3.99. The maximum Gasteiger partial charge on any atom is 0.200 e. The Morgan fingerprint density at radius 2 is 1.84 bits per heavy atom. The van der Waals surface area contributed by atoms with Crippen LogP contribution >= 0.6 is 0 Å². The van der Waals surface area contributed by atoms with Crippen molar-refractivity contribution >= 4 is 26.7 Å². The van der Waals surface area contributed by atoms with E-state index >= 15 is 0 Å². The molecule has 7 heteroatoms. The van der Waals surface area contributed by atoms with E-state index in [1.807, 2.05) is 37.3 Å². The second kappa shape index (κ2) is 8.27. The van der Waals surface area contributed by atoms with Gasteiger partial charge < -0.3 is 4.90 Å². The Hall–Kier alpha value is -2.98. The van der Waals surface area contributed by atoms with E-state index in [1.54, 1.807) is 25.1 Å². The summed E-state index contributed by atoms with van der Waals surface area (Å²) in [6.45, 7) is 7.30. The number of rotatable bonds is 4. The van der Waals surface area contributed by atoms with Gasteiger partial charge in [-0.3, -0.25) is 0 Å². The van der Waals surface area contributed by atoms with E-state index in [0.717, 1.165) is 31.5 Å². The number of fused-ring (bicyclic) bond motifs is 1. The Labute approximate surface area is 183 Å². The molecule has 2 atom stereocenters. The molecule has 0 amide bonds. The Morgan fingerprint density at radius 1 is 1.13 bits per heavy atom. The Balaban J connectivity index is 1.93. The lowest BCUT2D eigenvalue weighted by Gasteiger charge is -2.33. The maximum atomic E-state index is 13.7. The molecule has 0 radical (unpaired) electrons. The van der Waals surface area contributed by atoms with Crippen molar-refractivity contribution in [3.05, 3.63) is 59.3 Å². The Bertz CT molecular complexity index is 1280. The molecule has 3 aromatic rings. The van der Waals surface area contributed by atoms with Crippen LogP contribution in [0.1, 0.15) is 41.8 Å². The van der Waals surface area contributed by atoms with Crippen molar-refractivity contribution in [3.63, 3.8) is 0 Å². The van der Waals surface area contributed by atoms with Gasteiger partial charge in [0, 0.05) is 13.1 Å². The topological polar surface area (TPSA) is 86.9 Å². The highest BCUT2D eigenvalue weighted by Gasteiger charge is 2.36. The van der Waals surface area contributed by atoms with E-state index in [0.29, 0.717) is 28.3 Å². The highest BCUT2D eigenvalue weighted by Crippen LogP contribution is 2.36. The van der Waals surface area contributed by atoms with Crippen LogP contribution in [0.25, 0.3) is 11.0 Å². The van der Waals surface area contributed by atoms with Crippen LogP contribution in [0, 0.1) is 31.1 Å². The average Bonchev–Trinajstić information content (AvgIpc) is 2.75. The van der Waals surface area contributed by atoms with Gasteiger partial charge in [-0.05, 0) is 61.9 Å². The first-order valence-corrected chi connectivity index (χ1v) is 12.1. The molecule has 1 aromatic heterocycles. The van der Waals surface area contributed by atoms with E-state index in [9.17, 15) is 13.7 Å². The minimum Gasteiger partial charge on any atom is -0.355 e. The lowest BCUT2D eigenvalue weighted by Crippen LogP contribution is -2.36. The van der Waals surface area contributed by atoms with Crippen LogP contribution in [0.3, 0.4) is 0 Å². The van der Waals surface area contributed by atoms with Gasteiger partial charge in [0.1, 0.15) is 5.69 Å². The van der Waals surface area contributed by atoms with Gasteiger partial charge in [-0.1, -0.05) is 31.2 Å². The molecular formula is C24H26N4O2S. The van der Waals surface area contributed by atoms with E-state index in [2.05, 4.69) is 16.8 Å². The molecule has 6 nitrogen and oxygen atoms in total. The number of nitrogens with zero attached hydrogens (tertiary/aromatic N) is 4. The van der Waals surface area contributed by atoms with Crippen molar-refractivity contribution in [3.8, 4) is 6.07 Å². The number of aryl methyl sites for hydroxylation is 2. The predicted molar refractivity (Wildman–Crippen MR) is 122 cm³/mol. The largest absolute Gasteiger partial charge is 0.355 e. The Morgan fingerprint density at radius 3 is 2.52 bits per heavy atom. The van der Waals surface area contributed by atoms with Gasteiger partial charge in [0.2, 0.25) is 9.84 Å². The zero-order valence-corrected chi connectivity index (χ0v) is 18.9. The van der Waals surface area contributed by atoms with E-state index in [1.165, 1.54) is 0 Å². The molecule has 1 aliphatic rings. The molecule has 31 heavy (non-hydrogen) atoms. The highest BCUT2D eigenvalue weighted by molar-refractivity contribution is 7.92. The number of para-hydroxylation sites is 2. The quantitative estimate of drug-likeness (QED) is 0.600. The highest BCUT2D eigenvalue weighted by atomic mass is 32.2. The maximum absolute atomic E-state index is 13.7. The van der Waals surface area contributed by atoms with Crippen LogP contribution in [0.15, 0.2) is 47.4 Å². The standard InChI is InChI=1S/C24H26N4O2S/c1-16-10-11-18(3)21(13-16)31(29,30)22(14-25)23-24(28-12-6-7-17(2)15-28)27-20-9-5-4-8-19(20)26-23/h4-5,8-11,13,17,22H,6-7,12,15H2,1-3H3/t17-,22+/m0/s1. The summed E-state index contributed by atoms with van der Waals surface area (Å²) in [5.74, 6) is 0.969. The summed E-state index contributed by atoms with van der Waals surface area (Å²) in [6, 6.07) is 14.7. The van der Waals surface area contributed by atoms with Gasteiger partial charge in [-0.15, -0.1) is 0 Å². The number of aromatic nitrogens is 2. The Kier molecular flexibility index (Phi) is 5.67. The number of anilines is 1. The number of hydrogen-bond acceptors (Lipinski definition) is 6. The summed E-state index contributed by atoms with van der Waals surface area (Å²) in [7, 11) is -3.99. The molecule has 0 unspecified atom stereocenters. The van der Waals surface area contributed by atoms with Crippen molar-refractivity contribution < 1.29 is 8.42 Å². The molecule has 2 aromatic carbocycles. The fourth-order valence-corrected chi connectivity index (χ4v) is 5.92. The zero-order chi connectivity index (χ0) is 22.2. The number of piperidine rings is 1. The van der Waals surface area contributed by atoms with Gasteiger partial charge >= 0.3 is 0 Å². The third kappa shape index (κ3) is 4.00. The summed E-state index contributed by atoms with van der Waals surface area (Å²) in [6.07, 6.45) is 2.12. The van der Waals surface area contributed by atoms with Crippen molar-refractivity contribution in [1.82, 2.24) is 9.97 Å². The zero-order valence-electron chi connectivity index (χ0n) is 18.0. The summed E-state index contributed by atoms with van der Waals surface area (Å²) in [5, 5.41) is 8.63. The van der Waals surface area contributed by atoms with Gasteiger partial charge in [-0.25, -0.2) is 18.4 Å². The second-order valence-electron chi connectivity index (χ2n) is 8.44. The van der Waals surface area contributed by atoms with Crippen LogP contribution in [-0.2, 0) is 9.84 Å². The molecule has 160 valence electrons. The fraction of sp³-hybridized carbons (Fsp3) is 0.375. The first-order valence-electron chi connectivity index (χ1n) is 10.5. The molecule has 4 rings (SSSR count). The first-order chi connectivity index (χ1) is 14.8. The third-order valence-corrected chi connectivity index (χ3v) is 7.86. The predicted octanol–water partition coefficient (Wildman–Crippen LogP) is 4.52. The van der Waals surface area contributed by atoms with Crippen molar-refractivity contribution in [1.29, 1.82) is 5.26 Å². The molecule has 0 N–H and O–H groups in total. The number of benzene rings is 2. The van der Waals surface area contributed by atoms with Gasteiger partial charge in [0.05, 0.1) is 22.0 Å². The fourth-order valence-electron chi connectivity index (χ4n) is 4.21. The smallest absolute Gasteiger partial charge is 0.200 e. The molecule has 2 heterocycles. The minimum absolute atomic E-state index is 0.173. The van der Waals surface area contributed by atoms with Gasteiger partial charge in [0.25, 0.3) is 0 Å². The van der Waals surface area contributed by atoms with Crippen LogP contribution in [0.2, 0.25) is 0 Å². The normalized spacial score (nSPS) is 18.0. The summed E-state index contributed by atoms with van der Waals surface area (Å²) < 4.78 is 27.3. The molecule has 1 fully saturated rings. The summed E-state index contributed by atoms with van der Waals surface area (Å²) in [4.78, 5) is 11.7. The van der Waals surface area contributed by atoms with Crippen molar-refractivity contribution in [2.75, 3.05) is 18.0 Å². The van der Waals surface area contributed by atoms with E-state index in [4.69, 9.17) is 4.98 Å². The molecule has 0 saturated carbocycles. The van der Waals surface area contributed by atoms with E-state index in [-0.39, 0.29) is 10.6 Å². The van der Waals surface area contributed by atoms with Gasteiger partial charge in [-0.2, -0.15) is 5.26 Å². The van der Waals surface area contributed by atoms with Crippen LogP contribution in [0.4, 0.5) is 5.82 Å². The number of nitriles is 1. The first kappa shape index (κ1) is 21.3. The van der Waals surface area contributed by atoms with Crippen LogP contribution < -0.4 is 4.90 Å². The van der Waals surface area contributed by atoms with Crippen LogP contribution in [0.5, 0.6) is 0 Å². The summed E-state index contributed by atoms with van der Waals surface area (Å²) >= 11 is 0. The molecule has 1 saturated heterocycles. The molecule has 0 aliphatic carbocycles. The molecule has 0 bridgehead atoms. The SMILES string of the molecule is Cc1ccc(C)c(S(=O)(=O)[C@H](C#N)c2nc3ccccc3nc2N2CCC[C@H](C)C2)c1. The molecule has 0 spiro atoms. The van der Waals surface area contributed by atoms with Crippen molar-refractivity contribution in [2.45, 2.75) is 43.8 Å².